The van der Waals surface area contributed by atoms with Crippen molar-refractivity contribution in [3.63, 3.8) is 0 Å². The van der Waals surface area contributed by atoms with Crippen LogP contribution in [0, 0.1) is 5.92 Å². The number of benzene rings is 1. The molecule has 0 fully saturated rings. The molecule has 1 aliphatic heterocycles. The topological polar surface area (TPSA) is 79.3 Å². The Hall–Kier alpha value is -3.65. The standard InChI is InChI=1S/C23H19N4O3S/c1-2-15-9-11-16(12-10-15)27-22(28)17-6-3-4-7-18(17)26(23(27)29)14-20-24-21(25-30-20)19-8-5-13-31-19/h3-13,17H,2,14H2,1H3/q+1. The van der Waals surface area contributed by atoms with Gasteiger partial charge in [-0.1, -0.05) is 48.5 Å². The molecule has 0 radical (unpaired) electrons. The molecule has 0 N–H and O–H groups in total. The van der Waals surface area contributed by atoms with Gasteiger partial charge >= 0.3 is 11.9 Å². The lowest BCUT2D eigenvalue weighted by Crippen LogP contribution is -2.54. The zero-order chi connectivity index (χ0) is 21.4. The Morgan fingerprint density at radius 3 is 2.74 bits per heavy atom. The molecule has 0 saturated carbocycles. The van der Waals surface area contributed by atoms with Crippen LogP contribution in [0.1, 0.15) is 18.4 Å². The molecule has 1 unspecified atom stereocenters. The minimum absolute atomic E-state index is 0.0814. The molecule has 1 aromatic carbocycles. The number of allylic oxidation sites excluding steroid dienone is 3. The lowest BCUT2D eigenvalue weighted by atomic mass is 9.94. The van der Waals surface area contributed by atoms with Gasteiger partial charge in [0, 0.05) is 0 Å². The van der Waals surface area contributed by atoms with Gasteiger partial charge in [-0.15, -0.1) is 16.2 Å². The zero-order valence-corrected chi connectivity index (χ0v) is 17.6. The molecular weight excluding hydrogens is 412 g/mol. The first-order valence-electron chi connectivity index (χ1n) is 9.98. The first-order chi connectivity index (χ1) is 15.2. The van der Waals surface area contributed by atoms with E-state index in [1.165, 1.54) is 20.8 Å². The first kappa shape index (κ1) is 19.3. The molecule has 3 amide bonds. The summed E-state index contributed by atoms with van der Waals surface area (Å²) in [5.74, 6) is -0.0288. The Morgan fingerprint density at radius 1 is 1.16 bits per heavy atom. The molecule has 154 valence electrons. The van der Waals surface area contributed by atoms with Gasteiger partial charge < -0.3 is 4.52 Å². The number of imide groups is 1. The van der Waals surface area contributed by atoms with Crippen molar-refractivity contribution in [2.75, 3.05) is 4.90 Å². The predicted octanol–water partition coefficient (Wildman–Crippen LogP) is 4.22. The molecular formula is C23H19N4O3S+. The van der Waals surface area contributed by atoms with E-state index in [2.05, 4.69) is 17.1 Å². The van der Waals surface area contributed by atoms with Gasteiger partial charge in [0.1, 0.15) is 17.3 Å². The molecule has 1 aliphatic carbocycles. The number of anilines is 1. The van der Waals surface area contributed by atoms with Gasteiger partial charge in [-0.2, -0.15) is 14.4 Å². The second kappa shape index (κ2) is 7.88. The Kier molecular flexibility index (Phi) is 4.91. The van der Waals surface area contributed by atoms with Gasteiger partial charge in [-0.05, 0) is 41.6 Å². The van der Waals surface area contributed by atoms with Gasteiger partial charge in [0.2, 0.25) is 5.82 Å². The number of fused-ring (bicyclic) bond motifs is 1. The summed E-state index contributed by atoms with van der Waals surface area (Å²) in [6.45, 7) is 2.14. The molecule has 31 heavy (non-hydrogen) atoms. The van der Waals surface area contributed by atoms with Crippen LogP contribution in [0.4, 0.5) is 10.5 Å². The number of rotatable bonds is 5. The molecule has 8 heteroatoms. The fourth-order valence-electron chi connectivity index (χ4n) is 3.70. The number of thiophene rings is 1. The number of amides is 3. The predicted molar refractivity (Wildman–Crippen MR) is 117 cm³/mol. The van der Waals surface area contributed by atoms with Crippen LogP contribution >= 0.6 is 11.3 Å². The van der Waals surface area contributed by atoms with Gasteiger partial charge in [-0.3, -0.25) is 0 Å². The summed E-state index contributed by atoms with van der Waals surface area (Å²) < 4.78 is 6.94. The average Bonchev–Trinajstić information content (AvgIpc) is 3.49. The van der Waals surface area contributed by atoms with E-state index >= 15 is 0 Å². The quantitative estimate of drug-likeness (QED) is 0.565. The highest BCUT2D eigenvalue weighted by Gasteiger charge is 2.48. The van der Waals surface area contributed by atoms with Crippen LogP contribution in [0.15, 0.2) is 70.6 Å². The van der Waals surface area contributed by atoms with Gasteiger partial charge in [0.25, 0.3) is 5.89 Å². The van der Waals surface area contributed by atoms with Crippen LogP contribution in [-0.2, 0) is 17.8 Å². The third kappa shape index (κ3) is 3.44. The van der Waals surface area contributed by atoms with E-state index < -0.39 is 11.9 Å². The molecule has 3 aromatic rings. The van der Waals surface area contributed by atoms with E-state index in [0.29, 0.717) is 23.1 Å². The molecule has 5 rings (SSSR count). The fraction of sp³-hybridized carbons (Fsp3) is 0.174. The number of hydrogen-bond donors (Lipinski definition) is 0. The van der Waals surface area contributed by atoms with Crippen molar-refractivity contribution in [1.82, 2.24) is 10.1 Å². The lowest BCUT2D eigenvalue weighted by molar-refractivity contribution is -0.449. The second-order valence-electron chi connectivity index (χ2n) is 7.20. The minimum atomic E-state index is -0.548. The van der Waals surface area contributed by atoms with Crippen LogP contribution in [-0.4, -0.2) is 32.4 Å². The Balaban J connectivity index is 1.52. The normalized spacial score (nSPS) is 18.1. The van der Waals surface area contributed by atoms with Crippen LogP contribution in [0.5, 0.6) is 0 Å². The van der Waals surface area contributed by atoms with Crippen molar-refractivity contribution in [3.05, 3.63) is 77.5 Å². The number of carbonyl (C=O) groups is 2. The average molecular weight is 431 g/mol. The van der Waals surface area contributed by atoms with Crippen LogP contribution in [0.25, 0.3) is 10.7 Å². The Bertz CT molecular complexity index is 1240. The van der Waals surface area contributed by atoms with Gasteiger partial charge in [-0.25, -0.2) is 4.79 Å². The number of nitrogens with zero attached hydrogens (tertiary/aromatic N) is 4. The Labute approximate surface area is 182 Å². The lowest BCUT2D eigenvalue weighted by Gasteiger charge is -2.26. The third-order valence-corrected chi connectivity index (χ3v) is 6.19. The number of hydrogen-bond acceptors (Lipinski definition) is 6. The molecule has 3 heterocycles. The summed E-state index contributed by atoms with van der Waals surface area (Å²) in [5, 5.41) is 5.97. The molecule has 0 saturated heterocycles. The number of aromatic nitrogens is 2. The van der Waals surface area contributed by atoms with Crippen molar-refractivity contribution in [2.45, 2.75) is 19.9 Å². The van der Waals surface area contributed by atoms with E-state index in [1.807, 2.05) is 53.9 Å². The fourth-order valence-corrected chi connectivity index (χ4v) is 4.35. The number of carbonyl (C=O) groups excluding carboxylic acids is 2. The number of urea groups is 1. The van der Waals surface area contributed by atoms with Crippen LogP contribution < -0.4 is 4.90 Å². The maximum atomic E-state index is 13.4. The largest absolute Gasteiger partial charge is 0.506 e. The highest BCUT2D eigenvalue weighted by molar-refractivity contribution is 7.13. The molecule has 7 nitrogen and oxygen atoms in total. The molecule has 0 spiro atoms. The summed E-state index contributed by atoms with van der Waals surface area (Å²) in [7, 11) is 0. The molecule has 2 aromatic heterocycles. The van der Waals surface area contributed by atoms with E-state index in [4.69, 9.17) is 4.52 Å². The van der Waals surface area contributed by atoms with Crippen LogP contribution in [0.2, 0.25) is 0 Å². The second-order valence-corrected chi connectivity index (χ2v) is 8.15. The highest BCUT2D eigenvalue weighted by atomic mass is 32.1. The van der Waals surface area contributed by atoms with E-state index in [0.717, 1.165) is 16.9 Å². The molecule has 2 aliphatic rings. The maximum Gasteiger partial charge on any atom is 0.506 e. The highest BCUT2D eigenvalue weighted by Crippen LogP contribution is 2.27. The van der Waals surface area contributed by atoms with Crippen molar-refractivity contribution in [2.24, 2.45) is 5.92 Å². The van der Waals surface area contributed by atoms with Crippen molar-refractivity contribution < 1.29 is 18.7 Å². The first-order valence-corrected chi connectivity index (χ1v) is 10.9. The van der Waals surface area contributed by atoms with Crippen molar-refractivity contribution in [1.29, 1.82) is 0 Å². The van der Waals surface area contributed by atoms with Crippen LogP contribution in [0.3, 0.4) is 0 Å². The minimum Gasteiger partial charge on any atom is -0.335 e. The van der Waals surface area contributed by atoms with E-state index in [-0.39, 0.29) is 12.5 Å². The maximum absolute atomic E-state index is 13.4. The van der Waals surface area contributed by atoms with E-state index in [1.54, 1.807) is 12.2 Å². The van der Waals surface area contributed by atoms with Gasteiger partial charge in [0.15, 0.2) is 6.54 Å². The molecule has 0 bridgehead atoms. The zero-order valence-electron chi connectivity index (χ0n) is 16.8. The van der Waals surface area contributed by atoms with E-state index in [9.17, 15) is 9.59 Å². The summed E-state index contributed by atoms with van der Waals surface area (Å²) >= 11 is 1.51. The third-order valence-electron chi connectivity index (χ3n) is 5.33. The van der Waals surface area contributed by atoms with Gasteiger partial charge in [0.05, 0.1) is 4.88 Å². The monoisotopic (exact) mass is 431 g/mol. The van der Waals surface area contributed by atoms with Crippen molar-refractivity contribution >= 4 is 34.7 Å². The Morgan fingerprint density at radius 2 is 2.00 bits per heavy atom. The number of aryl methyl sites for hydroxylation is 1. The summed E-state index contributed by atoms with van der Waals surface area (Å²) in [6, 6.07) is 10.9. The summed E-state index contributed by atoms with van der Waals surface area (Å²) in [4.78, 5) is 33.2. The summed E-state index contributed by atoms with van der Waals surface area (Å²) in [6.07, 6.45) is 8.10. The van der Waals surface area contributed by atoms with Crippen molar-refractivity contribution in [3.8, 4) is 10.7 Å². The SMILES string of the molecule is CCc1ccc(N2C(=O)C3C=CC=CC3=[N+](Cc3nc(-c4cccs4)no3)C2=O)cc1. The summed E-state index contributed by atoms with van der Waals surface area (Å²) in [5.41, 5.74) is 2.29. The molecule has 1 atom stereocenters. The smallest absolute Gasteiger partial charge is 0.335 e.